The van der Waals surface area contributed by atoms with Gasteiger partial charge >= 0.3 is 0 Å². The zero-order valence-electron chi connectivity index (χ0n) is 24.6. The lowest BCUT2D eigenvalue weighted by atomic mass is 9.90. The van der Waals surface area contributed by atoms with Gasteiger partial charge in [0.25, 0.3) is 0 Å². The van der Waals surface area contributed by atoms with Crippen molar-refractivity contribution in [1.29, 1.82) is 0 Å². The second-order valence-electron chi connectivity index (χ2n) is 10.8. The summed E-state index contributed by atoms with van der Waals surface area (Å²) in [7, 11) is 0. The summed E-state index contributed by atoms with van der Waals surface area (Å²) in [6.45, 7) is 8.00. The van der Waals surface area contributed by atoms with Crippen molar-refractivity contribution in [3.8, 4) is 55.6 Å². The predicted molar refractivity (Wildman–Crippen MR) is 192 cm³/mol. The van der Waals surface area contributed by atoms with E-state index in [-0.39, 0.29) is 0 Å². The number of rotatable bonds is 9. The van der Waals surface area contributed by atoms with Gasteiger partial charge in [0.1, 0.15) is 0 Å². The number of hydrogen-bond donors (Lipinski definition) is 0. The maximum atomic E-state index is 6.20. The average molecular weight is 585 g/mol. The lowest BCUT2D eigenvalue weighted by Gasteiger charge is -2.14. The molecule has 0 aliphatic carbocycles. The largest absolute Gasteiger partial charge is 0.122 e. The van der Waals surface area contributed by atoms with Crippen molar-refractivity contribution in [2.45, 2.75) is 5.88 Å². The fraction of sp³-hybridized carbons (Fsp3) is 0.0233. The van der Waals surface area contributed by atoms with Gasteiger partial charge < -0.3 is 0 Å². The van der Waals surface area contributed by atoms with Crippen molar-refractivity contribution < 1.29 is 0 Å². The zero-order valence-corrected chi connectivity index (χ0v) is 25.3. The molecule has 6 aromatic carbocycles. The molecule has 0 unspecified atom stereocenters. The Labute approximate surface area is 266 Å². The Bertz CT molecular complexity index is 1900. The van der Waals surface area contributed by atoms with Gasteiger partial charge in [-0.1, -0.05) is 128 Å². The van der Waals surface area contributed by atoms with Gasteiger partial charge in [0.05, 0.1) is 0 Å². The van der Waals surface area contributed by atoms with Crippen LogP contribution in [0, 0.1) is 0 Å². The molecule has 0 aromatic heterocycles. The van der Waals surface area contributed by atoms with Gasteiger partial charge in [-0.2, -0.15) is 0 Å². The summed E-state index contributed by atoms with van der Waals surface area (Å²) in [5.41, 5.74) is 14.9. The molecule has 0 amide bonds. The minimum atomic E-state index is 0.476. The first kappa shape index (κ1) is 28.9. The highest BCUT2D eigenvalue weighted by Gasteiger charge is 2.11. The van der Waals surface area contributed by atoms with Crippen LogP contribution in [0.5, 0.6) is 0 Å². The van der Waals surface area contributed by atoms with Crippen LogP contribution in [0.25, 0.3) is 61.2 Å². The van der Waals surface area contributed by atoms with E-state index in [0.29, 0.717) is 5.88 Å². The van der Waals surface area contributed by atoms with E-state index >= 15 is 0 Å². The standard InChI is InChI=1S/C43H33Cl/c1-3-13-32(4-2)38-24-41(35-19-11-14-31(22-35)30-44)29-42(25-38)36-20-12-21-37(23-36)43-27-39(33-15-7-5-8-16-33)26-40(28-43)34-17-9-6-10-18-34/h3-29H,1-2,30H2/b32-13+. The molecule has 0 N–H and O–H groups in total. The average Bonchev–Trinajstić information content (AvgIpc) is 3.11. The normalized spacial score (nSPS) is 11.2. The van der Waals surface area contributed by atoms with E-state index < -0.39 is 0 Å². The first-order chi connectivity index (χ1) is 21.6. The fourth-order valence-corrected chi connectivity index (χ4v) is 5.80. The highest BCUT2D eigenvalue weighted by Crippen LogP contribution is 2.36. The minimum absolute atomic E-state index is 0.476. The molecule has 0 spiro atoms. The van der Waals surface area contributed by atoms with Crippen molar-refractivity contribution in [3.05, 3.63) is 188 Å². The molecule has 6 rings (SSSR count). The summed E-state index contributed by atoms with van der Waals surface area (Å²) in [5.74, 6) is 0.476. The van der Waals surface area contributed by atoms with Crippen LogP contribution >= 0.6 is 11.6 Å². The summed E-state index contributed by atoms with van der Waals surface area (Å²) in [5, 5.41) is 0. The summed E-state index contributed by atoms with van der Waals surface area (Å²) < 4.78 is 0. The molecule has 0 saturated carbocycles. The molecule has 0 atom stereocenters. The van der Waals surface area contributed by atoms with E-state index in [1.54, 1.807) is 0 Å². The number of hydrogen-bond acceptors (Lipinski definition) is 0. The molecular weight excluding hydrogens is 552 g/mol. The molecule has 0 fully saturated rings. The minimum Gasteiger partial charge on any atom is -0.122 e. The van der Waals surface area contributed by atoms with Gasteiger partial charge in [-0.3, -0.25) is 0 Å². The molecule has 0 heterocycles. The third-order valence-electron chi connectivity index (χ3n) is 7.87. The molecule has 0 saturated heterocycles. The van der Waals surface area contributed by atoms with Crippen LogP contribution in [0.3, 0.4) is 0 Å². The van der Waals surface area contributed by atoms with E-state index in [2.05, 4.69) is 159 Å². The van der Waals surface area contributed by atoms with Crippen molar-refractivity contribution >= 4 is 17.2 Å². The molecule has 0 bridgehead atoms. The highest BCUT2D eigenvalue weighted by molar-refractivity contribution is 6.17. The Morgan fingerprint density at radius 2 is 0.864 bits per heavy atom. The lowest BCUT2D eigenvalue weighted by molar-refractivity contribution is 1.40. The first-order valence-electron chi connectivity index (χ1n) is 14.8. The lowest BCUT2D eigenvalue weighted by Crippen LogP contribution is -1.90. The Morgan fingerprint density at radius 3 is 1.34 bits per heavy atom. The molecule has 0 radical (unpaired) electrons. The number of benzene rings is 6. The Morgan fingerprint density at radius 1 is 0.455 bits per heavy atom. The number of halogens is 1. The Kier molecular flexibility index (Phi) is 8.82. The molecule has 212 valence electrons. The topological polar surface area (TPSA) is 0 Å². The Hall–Kier alpha value is -5.17. The van der Waals surface area contributed by atoms with Crippen LogP contribution < -0.4 is 0 Å². The van der Waals surface area contributed by atoms with Crippen LogP contribution in [-0.2, 0) is 5.88 Å². The predicted octanol–water partition coefficient (Wildman–Crippen LogP) is 12.5. The molecule has 6 aromatic rings. The third kappa shape index (κ3) is 6.42. The van der Waals surface area contributed by atoms with Crippen molar-refractivity contribution in [3.63, 3.8) is 0 Å². The molecule has 44 heavy (non-hydrogen) atoms. The summed E-state index contributed by atoms with van der Waals surface area (Å²) in [6.07, 6.45) is 5.69. The fourth-order valence-electron chi connectivity index (χ4n) is 5.64. The van der Waals surface area contributed by atoms with Crippen LogP contribution in [0.4, 0.5) is 0 Å². The third-order valence-corrected chi connectivity index (χ3v) is 8.18. The molecular formula is C43H33Cl. The number of alkyl halides is 1. The maximum Gasteiger partial charge on any atom is 0.0474 e. The summed E-state index contributed by atoms with van der Waals surface area (Å²) in [4.78, 5) is 0. The van der Waals surface area contributed by atoms with Gasteiger partial charge in [-0.05, 0) is 121 Å². The van der Waals surface area contributed by atoms with Crippen LogP contribution in [0.1, 0.15) is 11.1 Å². The second-order valence-corrected chi connectivity index (χ2v) is 11.1. The molecule has 0 nitrogen and oxygen atoms in total. The van der Waals surface area contributed by atoms with Crippen molar-refractivity contribution in [2.75, 3.05) is 0 Å². The SMILES string of the molecule is C=C/C=C(\C=C)c1cc(-c2cccc(CCl)c2)cc(-c2cccc(-c3cc(-c4ccccc4)cc(-c4ccccc4)c3)c2)c1. The molecule has 1 heteroatoms. The molecule has 0 aliphatic heterocycles. The summed E-state index contributed by atoms with van der Waals surface area (Å²) in [6, 6.07) is 52.0. The van der Waals surface area contributed by atoms with E-state index in [1.165, 1.54) is 33.4 Å². The van der Waals surface area contributed by atoms with Gasteiger partial charge in [-0.15, -0.1) is 11.6 Å². The van der Waals surface area contributed by atoms with E-state index in [9.17, 15) is 0 Å². The van der Waals surface area contributed by atoms with Gasteiger partial charge in [-0.25, -0.2) is 0 Å². The van der Waals surface area contributed by atoms with E-state index in [1.807, 2.05) is 18.2 Å². The van der Waals surface area contributed by atoms with Crippen LogP contribution in [-0.4, -0.2) is 0 Å². The van der Waals surface area contributed by atoms with Gasteiger partial charge in [0, 0.05) is 5.88 Å². The summed E-state index contributed by atoms with van der Waals surface area (Å²) >= 11 is 6.20. The van der Waals surface area contributed by atoms with Crippen molar-refractivity contribution in [2.24, 2.45) is 0 Å². The first-order valence-corrected chi connectivity index (χ1v) is 15.3. The van der Waals surface area contributed by atoms with Gasteiger partial charge in [0.15, 0.2) is 0 Å². The maximum absolute atomic E-state index is 6.20. The second kappa shape index (κ2) is 13.4. The van der Waals surface area contributed by atoms with E-state index in [4.69, 9.17) is 11.6 Å². The van der Waals surface area contributed by atoms with Crippen molar-refractivity contribution in [1.82, 2.24) is 0 Å². The van der Waals surface area contributed by atoms with Crippen LogP contribution in [0.15, 0.2) is 177 Å². The monoisotopic (exact) mass is 584 g/mol. The number of allylic oxidation sites excluding steroid dienone is 4. The smallest absolute Gasteiger partial charge is 0.0474 e. The van der Waals surface area contributed by atoms with E-state index in [0.717, 1.165) is 39.0 Å². The quantitative estimate of drug-likeness (QED) is 0.117. The Balaban J connectivity index is 1.50. The highest BCUT2D eigenvalue weighted by atomic mass is 35.5. The molecule has 0 aliphatic rings. The van der Waals surface area contributed by atoms with Crippen LogP contribution in [0.2, 0.25) is 0 Å². The zero-order chi connectivity index (χ0) is 30.3. The van der Waals surface area contributed by atoms with Gasteiger partial charge in [0.2, 0.25) is 0 Å².